The van der Waals surface area contributed by atoms with Gasteiger partial charge in [0.05, 0.1) is 23.3 Å². The van der Waals surface area contributed by atoms with E-state index in [-0.39, 0.29) is 0 Å². The summed E-state index contributed by atoms with van der Waals surface area (Å²) in [6.45, 7) is 0. The Morgan fingerprint density at radius 3 is 2.73 bits per heavy atom. The molecule has 3 aromatic rings. The molecule has 0 aliphatic heterocycles. The zero-order chi connectivity index (χ0) is 15.5. The molecule has 1 aromatic heterocycles. The molecule has 0 radical (unpaired) electrons. The van der Waals surface area contributed by atoms with Gasteiger partial charge in [0.25, 0.3) is 0 Å². The number of hydrogen-bond acceptors (Lipinski definition) is 4. The van der Waals surface area contributed by atoms with Crippen molar-refractivity contribution in [3.63, 3.8) is 0 Å². The monoisotopic (exact) mass is 330 g/mol. The minimum absolute atomic E-state index is 0.645. The number of benzene rings is 2. The Labute approximate surface area is 138 Å². The second-order valence-electron chi connectivity index (χ2n) is 4.71. The van der Waals surface area contributed by atoms with Gasteiger partial charge in [-0.15, -0.1) is 11.8 Å². The largest absolute Gasteiger partial charge is 0.497 e. The highest BCUT2D eigenvalue weighted by Crippen LogP contribution is 2.33. The molecule has 3 nitrogen and oxygen atoms in total. The van der Waals surface area contributed by atoms with Gasteiger partial charge in [0.15, 0.2) is 0 Å². The normalized spacial score (nSPS) is 10.7. The number of nitrogens with one attached hydrogen (secondary N) is 1. The number of thioether (sulfide) groups is 1. The average Bonchev–Trinajstić information content (AvgIpc) is 2.56. The Balaban J connectivity index is 2.07. The lowest BCUT2D eigenvalue weighted by atomic mass is 10.2. The van der Waals surface area contributed by atoms with Crippen molar-refractivity contribution in [1.29, 1.82) is 0 Å². The summed E-state index contributed by atoms with van der Waals surface area (Å²) in [5.41, 5.74) is 2.72. The number of hydrogen-bond donors (Lipinski definition) is 1. The maximum absolute atomic E-state index is 6.28. The van der Waals surface area contributed by atoms with Gasteiger partial charge in [-0.1, -0.05) is 11.6 Å². The maximum Gasteiger partial charge on any atom is 0.121 e. The molecule has 2 aromatic carbocycles. The van der Waals surface area contributed by atoms with E-state index < -0.39 is 0 Å². The summed E-state index contributed by atoms with van der Waals surface area (Å²) >= 11 is 7.98. The summed E-state index contributed by atoms with van der Waals surface area (Å²) in [6.07, 6.45) is 3.85. The van der Waals surface area contributed by atoms with Crippen LogP contribution in [0.5, 0.6) is 5.75 Å². The van der Waals surface area contributed by atoms with Crippen molar-refractivity contribution >= 4 is 45.6 Å². The molecule has 0 unspecified atom stereocenters. The van der Waals surface area contributed by atoms with Gasteiger partial charge in [0, 0.05) is 28.2 Å². The summed E-state index contributed by atoms with van der Waals surface area (Å²) in [7, 11) is 1.64. The number of ether oxygens (including phenoxy) is 1. The van der Waals surface area contributed by atoms with Crippen LogP contribution in [-0.2, 0) is 0 Å². The van der Waals surface area contributed by atoms with Crippen LogP contribution < -0.4 is 10.1 Å². The highest BCUT2D eigenvalue weighted by atomic mass is 35.5. The predicted molar refractivity (Wildman–Crippen MR) is 94.8 cm³/mol. The van der Waals surface area contributed by atoms with Crippen molar-refractivity contribution in [2.45, 2.75) is 4.90 Å². The van der Waals surface area contributed by atoms with Gasteiger partial charge in [-0.05, 0) is 42.7 Å². The van der Waals surface area contributed by atoms with Gasteiger partial charge >= 0.3 is 0 Å². The standard InChI is InChI=1S/C17H15ClN2OS/c1-21-11-3-5-14(18)17(9-11)20-16-7-8-19-15-6-4-12(22-2)10-13(15)16/h3-10H,1-2H3,(H,19,20). The van der Waals surface area contributed by atoms with Crippen molar-refractivity contribution in [2.24, 2.45) is 0 Å². The zero-order valence-electron chi connectivity index (χ0n) is 12.3. The van der Waals surface area contributed by atoms with E-state index in [1.807, 2.05) is 30.3 Å². The molecule has 0 aliphatic rings. The minimum atomic E-state index is 0.645. The highest BCUT2D eigenvalue weighted by Gasteiger charge is 2.07. The first kappa shape index (κ1) is 15.0. The fourth-order valence-corrected chi connectivity index (χ4v) is 2.84. The number of fused-ring (bicyclic) bond motifs is 1. The zero-order valence-corrected chi connectivity index (χ0v) is 13.8. The molecular formula is C17H15ClN2OS. The third-order valence-corrected chi connectivity index (χ3v) is 4.45. The number of anilines is 2. The molecule has 0 spiro atoms. The number of rotatable bonds is 4. The summed E-state index contributed by atoms with van der Waals surface area (Å²) in [5.74, 6) is 0.759. The molecule has 112 valence electrons. The lowest BCUT2D eigenvalue weighted by Crippen LogP contribution is -1.94. The van der Waals surface area contributed by atoms with E-state index in [0.29, 0.717) is 5.02 Å². The summed E-state index contributed by atoms with van der Waals surface area (Å²) < 4.78 is 5.26. The molecule has 0 aliphatic carbocycles. The van der Waals surface area contributed by atoms with Crippen molar-refractivity contribution < 1.29 is 4.74 Å². The predicted octanol–water partition coefficient (Wildman–Crippen LogP) is 5.36. The molecule has 1 heterocycles. The van der Waals surface area contributed by atoms with Gasteiger partial charge in [0.2, 0.25) is 0 Å². The quantitative estimate of drug-likeness (QED) is 0.653. The molecular weight excluding hydrogens is 316 g/mol. The third kappa shape index (κ3) is 2.98. The Bertz CT molecular complexity index is 823. The van der Waals surface area contributed by atoms with E-state index in [1.54, 1.807) is 25.1 Å². The van der Waals surface area contributed by atoms with Crippen molar-refractivity contribution in [1.82, 2.24) is 4.98 Å². The average molecular weight is 331 g/mol. The van der Waals surface area contributed by atoms with Gasteiger partial charge in [-0.25, -0.2) is 0 Å². The van der Waals surface area contributed by atoms with Gasteiger partial charge in [-0.2, -0.15) is 0 Å². The maximum atomic E-state index is 6.28. The topological polar surface area (TPSA) is 34.1 Å². The van der Waals surface area contributed by atoms with Crippen LogP contribution in [0.25, 0.3) is 10.9 Å². The molecule has 0 bridgehead atoms. The van der Waals surface area contributed by atoms with Gasteiger partial charge < -0.3 is 10.1 Å². The molecule has 0 atom stereocenters. The minimum Gasteiger partial charge on any atom is -0.497 e. The first-order valence-electron chi connectivity index (χ1n) is 6.74. The highest BCUT2D eigenvalue weighted by molar-refractivity contribution is 7.98. The van der Waals surface area contributed by atoms with Crippen LogP contribution in [0.1, 0.15) is 0 Å². The first-order chi connectivity index (χ1) is 10.7. The Morgan fingerprint density at radius 1 is 1.09 bits per heavy atom. The van der Waals surface area contributed by atoms with Crippen LogP contribution in [0, 0.1) is 0 Å². The van der Waals surface area contributed by atoms with E-state index in [4.69, 9.17) is 16.3 Å². The van der Waals surface area contributed by atoms with Crippen molar-refractivity contribution in [3.05, 3.63) is 53.7 Å². The van der Waals surface area contributed by atoms with Crippen LogP contribution in [0.15, 0.2) is 53.6 Å². The SMILES string of the molecule is COc1ccc(Cl)c(Nc2ccnc3ccc(SC)cc23)c1. The van der Waals surface area contributed by atoms with E-state index in [1.165, 1.54) is 4.90 Å². The van der Waals surface area contributed by atoms with Gasteiger partial charge in [0.1, 0.15) is 5.75 Å². The van der Waals surface area contributed by atoms with Gasteiger partial charge in [-0.3, -0.25) is 4.98 Å². The molecule has 0 saturated carbocycles. The lowest BCUT2D eigenvalue weighted by molar-refractivity contribution is 0.415. The second-order valence-corrected chi connectivity index (χ2v) is 6.00. The number of halogens is 1. The Hall–Kier alpha value is -1.91. The van der Waals surface area contributed by atoms with E-state index >= 15 is 0 Å². The summed E-state index contributed by atoms with van der Waals surface area (Å²) in [5, 5.41) is 5.09. The van der Waals surface area contributed by atoms with E-state index in [9.17, 15) is 0 Å². The molecule has 0 fully saturated rings. The summed E-state index contributed by atoms with van der Waals surface area (Å²) in [4.78, 5) is 5.60. The fraction of sp³-hybridized carbons (Fsp3) is 0.118. The molecule has 0 saturated heterocycles. The number of methoxy groups -OCH3 is 1. The molecule has 3 rings (SSSR count). The number of pyridine rings is 1. The number of nitrogens with zero attached hydrogens (tertiary/aromatic N) is 1. The van der Waals surface area contributed by atoms with Crippen molar-refractivity contribution in [3.8, 4) is 5.75 Å². The van der Waals surface area contributed by atoms with Crippen LogP contribution in [-0.4, -0.2) is 18.3 Å². The van der Waals surface area contributed by atoms with Crippen LogP contribution in [0.2, 0.25) is 5.02 Å². The number of aromatic nitrogens is 1. The van der Waals surface area contributed by atoms with Crippen LogP contribution >= 0.6 is 23.4 Å². The fourth-order valence-electron chi connectivity index (χ4n) is 2.23. The van der Waals surface area contributed by atoms with Crippen LogP contribution in [0.4, 0.5) is 11.4 Å². The summed E-state index contributed by atoms with van der Waals surface area (Å²) in [6, 6.07) is 13.7. The smallest absolute Gasteiger partial charge is 0.121 e. The second kappa shape index (κ2) is 6.46. The lowest BCUT2D eigenvalue weighted by Gasteiger charge is -2.12. The van der Waals surface area contributed by atoms with Crippen molar-refractivity contribution in [2.75, 3.05) is 18.7 Å². The van der Waals surface area contributed by atoms with Crippen LogP contribution in [0.3, 0.4) is 0 Å². The Kier molecular flexibility index (Phi) is 4.41. The molecule has 1 N–H and O–H groups in total. The molecule has 22 heavy (non-hydrogen) atoms. The Morgan fingerprint density at radius 2 is 1.95 bits per heavy atom. The molecule has 0 amide bonds. The first-order valence-corrected chi connectivity index (χ1v) is 8.35. The third-order valence-electron chi connectivity index (χ3n) is 3.39. The van der Waals surface area contributed by atoms with E-state index in [0.717, 1.165) is 28.0 Å². The molecule has 5 heteroatoms. The van der Waals surface area contributed by atoms with E-state index in [2.05, 4.69) is 28.7 Å².